The van der Waals surface area contributed by atoms with E-state index in [1.165, 1.54) is 96.7 Å². The first-order valence-corrected chi connectivity index (χ1v) is 16.0. The minimum Gasteiger partial charge on any atom is -0.312 e. The van der Waals surface area contributed by atoms with Crippen LogP contribution in [0.5, 0.6) is 0 Å². The minimum absolute atomic E-state index is 0.177. The molecule has 0 bridgehead atoms. The number of hydrogen-bond donors (Lipinski definition) is 3. The molecule has 7 atom stereocenters. The highest BCUT2D eigenvalue weighted by atomic mass is 15.6. The van der Waals surface area contributed by atoms with Gasteiger partial charge in [0.2, 0.25) is 0 Å². The first kappa shape index (κ1) is 26.5. The molecular weight excluding hydrogens is 456 g/mol. The van der Waals surface area contributed by atoms with Crippen LogP contribution in [0.25, 0.3) is 0 Å². The normalized spacial score (nSPS) is 44.3. The molecule has 0 radical (unpaired) electrons. The van der Waals surface area contributed by atoms with Crippen molar-refractivity contribution in [1.82, 2.24) is 26.2 Å². The topological polar surface area (TPSA) is 66.4 Å². The van der Waals surface area contributed by atoms with Crippen LogP contribution in [0.15, 0.2) is 0 Å². The third-order valence-electron chi connectivity index (χ3n) is 12.2. The zero-order chi connectivity index (χ0) is 25.6. The minimum atomic E-state index is -0.177. The maximum absolute atomic E-state index is 9.67. The predicted octanol–water partition coefficient (Wildman–Crippen LogP) is 4.55. The molecule has 3 N–H and O–H groups in total. The fourth-order valence-corrected chi connectivity index (χ4v) is 9.86. The van der Waals surface area contributed by atoms with Gasteiger partial charge in [0.25, 0.3) is 0 Å². The molecule has 208 valence electrons. The van der Waals surface area contributed by atoms with Gasteiger partial charge in [-0.05, 0) is 113 Å². The molecule has 3 aliphatic carbocycles. The number of nitriles is 1. The highest BCUT2D eigenvalue weighted by Crippen LogP contribution is 2.49. The fourth-order valence-electron chi connectivity index (χ4n) is 9.86. The summed E-state index contributed by atoms with van der Waals surface area (Å²) in [5.74, 6) is 5.55. The van der Waals surface area contributed by atoms with Crippen molar-refractivity contribution in [3.8, 4) is 6.07 Å². The summed E-state index contributed by atoms with van der Waals surface area (Å²) in [5.41, 5.74) is 7.67. The SMILES string of the molecule is CN1NC(C2CCC(C(C)(C)C#N)CC2)C2C3CC(C4CNN(CC5CCCCC5)C4)CCC3NCC21. The lowest BCUT2D eigenvalue weighted by Gasteiger charge is -2.49. The molecular formula is C31H54N6. The van der Waals surface area contributed by atoms with Crippen molar-refractivity contribution >= 4 is 0 Å². The number of nitrogens with one attached hydrogen (secondary N) is 3. The van der Waals surface area contributed by atoms with Crippen molar-refractivity contribution in [3.63, 3.8) is 0 Å². The molecule has 0 aromatic carbocycles. The summed E-state index contributed by atoms with van der Waals surface area (Å²) < 4.78 is 0. The Kier molecular flexibility index (Phi) is 7.91. The van der Waals surface area contributed by atoms with Gasteiger partial charge < -0.3 is 5.32 Å². The zero-order valence-corrected chi connectivity index (χ0v) is 23.9. The summed E-state index contributed by atoms with van der Waals surface area (Å²) >= 11 is 0. The van der Waals surface area contributed by atoms with Gasteiger partial charge in [0.15, 0.2) is 0 Å². The highest BCUT2D eigenvalue weighted by molar-refractivity contribution is 5.08. The Bertz CT molecular complexity index is 809. The van der Waals surface area contributed by atoms with Gasteiger partial charge in [-0.1, -0.05) is 19.3 Å². The molecule has 3 aliphatic heterocycles. The average Bonchev–Trinajstić information content (AvgIpc) is 3.53. The first-order chi connectivity index (χ1) is 17.9. The van der Waals surface area contributed by atoms with Gasteiger partial charge in [-0.3, -0.25) is 10.9 Å². The fraction of sp³-hybridized carbons (Fsp3) is 0.968. The number of rotatable bonds is 5. The van der Waals surface area contributed by atoms with Gasteiger partial charge in [-0.25, -0.2) is 10.0 Å². The smallest absolute Gasteiger partial charge is 0.0686 e. The van der Waals surface area contributed by atoms with Gasteiger partial charge >= 0.3 is 0 Å². The molecule has 7 unspecified atom stereocenters. The molecule has 6 aliphatic rings. The molecule has 6 heteroatoms. The number of hydrogen-bond acceptors (Lipinski definition) is 6. The van der Waals surface area contributed by atoms with Gasteiger partial charge in [0.05, 0.1) is 11.5 Å². The Morgan fingerprint density at radius 3 is 2.41 bits per heavy atom. The monoisotopic (exact) mass is 510 g/mol. The van der Waals surface area contributed by atoms with E-state index < -0.39 is 0 Å². The van der Waals surface area contributed by atoms with E-state index in [2.05, 4.69) is 53.2 Å². The molecule has 37 heavy (non-hydrogen) atoms. The van der Waals surface area contributed by atoms with Crippen molar-refractivity contribution in [2.24, 2.45) is 46.8 Å². The second-order valence-corrected chi connectivity index (χ2v) is 14.6. The van der Waals surface area contributed by atoms with Crippen molar-refractivity contribution in [3.05, 3.63) is 0 Å². The second kappa shape index (κ2) is 11.0. The van der Waals surface area contributed by atoms with Crippen molar-refractivity contribution in [1.29, 1.82) is 5.26 Å². The van der Waals surface area contributed by atoms with Crippen molar-refractivity contribution in [2.45, 2.75) is 109 Å². The Morgan fingerprint density at radius 2 is 1.65 bits per heavy atom. The lowest BCUT2D eigenvalue weighted by atomic mass is 9.60. The molecule has 0 spiro atoms. The van der Waals surface area contributed by atoms with Crippen LogP contribution in [-0.4, -0.2) is 61.4 Å². The Labute approximate surface area is 226 Å². The predicted molar refractivity (Wildman–Crippen MR) is 149 cm³/mol. The number of nitrogens with zero attached hydrogens (tertiary/aromatic N) is 3. The van der Waals surface area contributed by atoms with Crippen LogP contribution in [-0.2, 0) is 0 Å². The van der Waals surface area contributed by atoms with Gasteiger partial charge in [-0.15, -0.1) is 0 Å². The Hall–Kier alpha value is -0.710. The number of hydrazine groups is 2. The van der Waals surface area contributed by atoms with E-state index in [4.69, 9.17) is 0 Å². The maximum Gasteiger partial charge on any atom is 0.0686 e. The largest absolute Gasteiger partial charge is 0.312 e. The van der Waals surface area contributed by atoms with Gasteiger partial charge in [-0.2, -0.15) is 5.26 Å². The van der Waals surface area contributed by atoms with Crippen LogP contribution in [0.2, 0.25) is 0 Å². The number of fused-ring (bicyclic) bond motifs is 3. The quantitative estimate of drug-likeness (QED) is 0.504. The van der Waals surface area contributed by atoms with Crippen LogP contribution in [0, 0.1) is 58.2 Å². The van der Waals surface area contributed by atoms with E-state index in [1.54, 1.807) is 0 Å². The molecule has 0 amide bonds. The molecule has 6 fully saturated rings. The van der Waals surface area contributed by atoms with Crippen LogP contribution in [0.4, 0.5) is 0 Å². The molecule has 3 saturated carbocycles. The molecule has 3 heterocycles. The van der Waals surface area contributed by atoms with E-state index in [-0.39, 0.29) is 5.41 Å². The van der Waals surface area contributed by atoms with E-state index in [0.717, 1.165) is 48.1 Å². The second-order valence-electron chi connectivity index (χ2n) is 14.6. The lowest BCUT2D eigenvalue weighted by molar-refractivity contribution is 0.0442. The van der Waals surface area contributed by atoms with Crippen LogP contribution >= 0.6 is 0 Å². The summed E-state index contributed by atoms with van der Waals surface area (Å²) in [6.07, 6.45) is 16.5. The van der Waals surface area contributed by atoms with Crippen molar-refractivity contribution < 1.29 is 0 Å². The molecule has 0 aromatic heterocycles. The van der Waals surface area contributed by atoms with Crippen molar-refractivity contribution in [2.75, 3.05) is 33.2 Å². The molecule has 6 nitrogen and oxygen atoms in total. The third-order valence-corrected chi connectivity index (χ3v) is 12.2. The van der Waals surface area contributed by atoms with Crippen LogP contribution < -0.4 is 16.2 Å². The molecule has 6 rings (SSSR count). The Balaban J connectivity index is 1.09. The lowest BCUT2D eigenvalue weighted by Crippen LogP contribution is -2.58. The summed E-state index contributed by atoms with van der Waals surface area (Å²) in [7, 11) is 2.30. The van der Waals surface area contributed by atoms with Crippen LogP contribution in [0.1, 0.15) is 90.9 Å². The van der Waals surface area contributed by atoms with E-state index >= 15 is 0 Å². The Morgan fingerprint density at radius 1 is 0.892 bits per heavy atom. The summed E-state index contributed by atoms with van der Waals surface area (Å²) in [6.45, 7) is 9.22. The highest BCUT2D eigenvalue weighted by Gasteiger charge is 2.54. The standard InChI is InChI=1S/C31H54N6/c1-31(2,20-32)25-12-9-22(10-13-25)30-29-26-15-23(11-14-27(26)33-17-28(29)36(3)35-30)24-16-34-37(19-24)18-21-7-5-4-6-8-21/h21-30,33-35H,4-19H2,1-3H3. The molecule has 0 aromatic rings. The summed E-state index contributed by atoms with van der Waals surface area (Å²) in [6, 6.07) is 4.57. The maximum atomic E-state index is 9.67. The molecule has 3 saturated heterocycles. The summed E-state index contributed by atoms with van der Waals surface area (Å²) in [4.78, 5) is 0. The van der Waals surface area contributed by atoms with Crippen LogP contribution in [0.3, 0.4) is 0 Å². The first-order valence-electron chi connectivity index (χ1n) is 16.0. The van der Waals surface area contributed by atoms with E-state index in [1.807, 2.05) is 0 Å². The average molecular weight is 511 g/mol. The van der Waals surface area contributed by atoms with E-state index in [9.17, 15) is 5.26 Å². The summed E-state index contributed by atoms with van der Waals surface area (Å²) in [5, 5.41) is 18.8. The number of piperidine rings is 1. The third kappa shape index (κ3) is 5.38. The number of likely N-dealkylation sites (N-methyl/N-ethyl adjacent to an activating group) is 1. The van der Waals surface area contributed by atoms with Gasteiger partial charge in [0, 0.05) is 51.4 Å². The zero-order valence-electron chi connectivity index (χ0n) is 23.9. The van der Waals surface area contributed by atoms with E-state index in [0.29, 0.717) is 18.0 Å². The van der Waals surface area contributed by atoms with Gasteiger partial charge in [0.1, 0.15) is 0 Å².